The van der Waals surface area contributed by atoms with Crippen LogP contribution < -0.4 is 15.5 Å². The predicted molar refractivity (Wildman–Crippen MR) is 102 cm³/mol. The Morgan fingerprint density at radius 1 is 1.12 bits per heavy atom. The Morgan fingerprint density at radius 3 is 2.58 bits per heavy atom. The van der Waals surface area contributed by atoms with Gasteiger partial charge in [-0.3, -0.25) is 4.99 Å². The topological polar surface area (TPSA) is 42.9 Å². The van der Waals surface area contributed by atoms with E-state index in [0.29, 0.717) is 6.04 Å². The van der Waals surface area contributed by atoms with E-state index in [1.165, 1.54) is 31.6 Å². The van der Waals surface area contributed by atoms with Crippen molar-refractivity contribution in [3.8, 4) is 0 Å². The molecule has 1 aromatic carbocycles. The van der Waals surface area contributed by atoms with Crippen molar-refractivity contribution in [1.82, 2.24) is 15.5 Å². The summed E-state index contributed by atoms with van der Waals surface area (Å²) in [4.78, 5) is 9.28. The molecule has 2 aliphatic heterocycles. The highest BCUT2D eigenvalue weighted by molar-refractivity contribution is 5.80. The van der Waals surface area contributed by atoms with E-state index in [-0.39, 0.29) is 0 Å². The van der Waals surface area contributed by atoms with E-state index in [4.69, 9.17) is 0 Å². The van der Waals surface area contributed by atoms with Crippen LogP contribution in [0.15, 0.2) is 35.3 Å². The van der Waals surface area contributed by atoms with Crippen molar-refractivity contribution in [2.45, 2.75) is 25.3 Å². The normalized spacial score (nSPS) is 23.5. The van der Waals surface area contributed by atoms with Gasteiger partial charge >= 0.3 is 0 Å². The molecule has 5 nitrogen and oxygen atoms in total. The van der Waals surface area contributed by atoms with Crippen molar-refractivity contribution in [3.05, 3.63) is 30.3 Å². The van der Waals surface area contributed by atoms with Crippen molar-refractivity contribution < 1.29 is 0 Å². The molecule has 0 radical (unpaired) electrons. The molecular formula is C19H31N5. The Kier molecular flexibility index (Phi) is 5.96. The zero-order chi connectivity index (χ0) is 16.8. The van der Waals surface area contributed by atoms with Crippen molar-refractivity contribution in [2.75, 3.05) is 51.7 Å². The summed E-state index contributed by atoms with van der Waals surface area (Å²) in [7, 11) is 4.08. The zero-order valence-corrected chi connectivity index (χ0v) is 15.0. The summed E-state index contributed by atoms with van der Waals surface area (Å²) >= 11 is 0. The average Bonchev–Trinajstić information content (AvgIpc) is 3.09. The third-order valence-electron chi connectivity index (χ3n) is 5.27. The molecule has 3 rings (SSSR count). The second-order valence-electron chi connectivity index (χ2n) is 7.11. The van der Waals surface area contributed by atoms with Crippen LogP contribution >= 0.6 is 0 Å². The minimum atomic E-state index is 0.467. The molecule has 0 aromatic heterocycles. The van der Waals surface area contributed by atoms with Gasteiger partial charge in [-0.15, -0.1) is 0 Å². The van der Waals surface area contributed by atoms with Gasteiger partial charge < -0.3 is 20.4 Å². The molecule has 1 atom stereocenters. The summed E-state index contributed by atoms with van der Waals surface area (Å²) in [6.07, 6.45) is 3.72. The lowest BCUT2D eigenvalue weighted by Crippen LogP contribution is -2.46. The number of benzene rings is 1. The number of nitrogens with zero attached hydrogens (tertiary/aromatic N) is 3. The van der Waals surface area contributed by atoms with Gasteiger partial charge in [0.05, 0.1) is 0 Å². The molecule has 1 unspecified atom stereocenters. The molecule has 0 amide bonds. The minimum Gasteiger partial charge on any atom is -0.369 e. The first-order valence-corrected chi connectivity index (χ1v) is 9.20. The fraction of sp³-hybridized carbons (Fsp3) is 0.632. The Labute approximate surface area is 146 Å². The third-order valence-corrected chi connectivity index (χ3v) is 5.27. The second-order valence-corrected chi connectivity index (χ2v) is 7.11. The molecule has 0 aliphatic carbocycles. The number of likely N-dealkylation sites (tertiary alicyclic amines) is 1. The van der Waals surface area contributed by atoms with Crippen molar-refractivity contribution in [1.29, 1.82) is 0 Å². The molecule has 0 spiro atoms. The van der Waals surface area contributed by atoms with Gasteiger partial charge in [-0.1, -0.05) is 18.2 Å². The summed E-state index contributed by atoms with van der Waals surface area (Å²) in [5.74, 6) is 1.72. The van der Waals surface area contributed by atoms with Gasteiger partial charge in [0, 0.05) is 38.4 Å². The molecular weight excluding hydrogens is 298 g/mol. The van der Waals surface area contributed by atoms with Crippen LogP contribution in [0.1, 0.15) is 19.3 Å². The van der Waals surface area contributed by atoms with E-state index < -0.39 is 0 Å². The largest absolute Gasteiger partial charge is 0.369 e. The lowest BCUT2D eigenvalue weighted by atomic mass is 9.97. The number of rotatable bonds is 4. The Hall–Kier alpha value is -1.75. The van der Waals surface area contributed by atoms with E-state index in [2.05, 4.69) is 62.8 Å². The number of hydrogen-bond acceptors (Lipinski definition) is 3. The van der Waals surface area contributed by atoms with Gasteiger partial charge in [0.2, 0.25) is 0 Å². The summed E-state index contributed by atoms with van der Waals surface area (Å²) in [5, 5.41) is 7.14. The standard InChI is InChI=1S/C19H31N5/c1-20-19(21-14-16-8-11-23(2)12-9-16)22-17-10-13-24(15-17)18-6-4-3-5-7-18/h3-7,16-17H,8-15H2,1-2H3,(H2,20,21,22). The van der Waals surface area contributed by atoms with Gasteiger partial charge in [-0.05, 0) is 57.5 Å². The van der Waals surface area contributed by atoms with E-state index in [1.54, 1.807) is 0 Å². The van der Waals surface area contributed by atoms with E-state index >= 15 is 0 Å². The molecule has 1 aromatic rings. The summed E-state index contributed by atoms with van der Waals surface area (Å²) in [6.45, 7) is 5.61. The van der Waals surface area contributed by atoms with E-state index in [0.717, 1.165) is 37.9 Å². The van der Waals surface area contributed by atoms with Crippen LogP contribution in [-0.4, -0.2) is 63.7 Å². The van der Waals surface area contributed by atoms with Crippen LogP contribution in [0.4, 0.5) is 5.69 Å². The highest BCUT2D eigenvalue weighted by atomic mass is 15.2. The number of hydrogen-bond donors (Lipinski definition) is 2. The van der Waals surface area contributed by atoms with E-state index in [9.17, 15) is 0 Å². The maximum absolute atomic E-state index is 4.41. The molecule has 5 heteroatoms. The van der Waals surface area contributed by atoms with Crippen LogP contribution in [0.25, 0.3) is 0 Å². The molecule has 0 bridgehead atoms. The molecule has 2 heterocycles. The van der Waals surface area contributed by atoms with Crippen LogP contribution in [0, 0.1) is 5.92 Å². The number of guanidine groups is 1. The number of nitrogens with one attached hydrogen (secondary N) is 2. The molecule has 0 saturated carbocycles. The number of para-hydroxylation sites is 1. The molecule has 2 aliphatic rings. The van der Waals surface area contributed by atoms with Crippen LogP contribution in [0.2, 0.25) is 0 Å². The van der Waals surface area contributed by atoms with Gasteiger partial charge in [0.15, 0.2) is 5.96 Å². The van der Waals surface area contributed by atoms with Crippen molar-refractivity contribution in [2.24, 2.45) is 10.9 Å². The van der Waals surface area contributed by atoms with Crippen molar-refractivity contribution in [3.63, 3.8) is 0 Å². The maximum Gasteiger partial charge on any atom is 0.191 e. The van der Waals surface area contributed by atoms with Crippen molar-refractivity contribution >= 4 is 11.6 Å². The molecule has 24 heavy (non-hydrogen) atoms. The monoisotopic (exact) mass is 329 g/mol. The van der Waals surface area contributed by atoms with Crippen LogP contribution in [0.5, 0.6) is 0 Å². The number of aliphatic imine (C=N–C) groups is 1. The van der Waals surface area contributed by atoms with Crippen LogP contribution in [0.3, 0.4) is 0 Å². The Morgan fingerprint density at radius 2 is 1.88 bits per heavy atom. The molecule has 2 fully saturated rings. The second kappa shape index (κ2) is 8.38. The number of anilines is 1. The SMILES string of the molecule is CN=C(NCC1CCN(C)CC1)NC1CCN(c2ccccc2)C1. The maximum atomic E-state index is 4.41. The van der Waals surface area contributed by atoms with E-state index in [1.807, 2.05) is 7.05 Å². The predicted octanol–water partition coefficient (Wildman–Crippen LogP) is 1.77. The first kappa shape index (κ1) is 17.1. The number of piperidine rings is 1. The zero-order valence-electron chi connectivity index (χ0n) is 15.0. The molecule has 132 valence electrons. The summed E-state index contributed by atoms with van der Waals surface area (Å²) in [6, 6.07) is 11.1. The minimum absolute atomic E-state index is 0.467. The third kappa shape index (κ3) is 4.63. The van der Waals surface area contributed by atoms with Crippen LogP contribution in [-0.2, 0) is 0 Å². The Bertz CT molecular complexity index is 522. The summed E-state index contributed by atoms with van der Waals surface area (Å²) in [5.41, 5.74) is 1.32. The summed E-state index contributed by atoms with van der Waals surface area (Å²) < 4.78 is 0. The fourth-order valence-corrected chi connectivity index (χ4v) is 3.65. The lowest BCUT2D eigenvalue weighted by molar-refractivity contribution is 0.220. The van der Waals surface area contributed by atoms with Gasteiger partial charge in [0.25, 0.3) is 0 Å². The van der Waals surface area contributed by atoms with Gasteiger partial charge in [-0.2, -0.15) is 0 Å². The first-order chi connectivity index (χ1) is 11.7. The molecule has 2 saturated heterocycles. The average molecular weight is 329 g/mol. The Balaban J connectivity index is 1.43. The van der Waals surface area contributed by atoms with Gasteiger partial charge in [-0.25, -0.2) is 0 Å². The smallest absolute Gasteiger partial charge is 0.191 e. The fourth-order valence-electron chi connectivity index (χ4n) is 3.65. The lowest BCUT2D eigenvalue weighted by Gasteiger charge is -2.29. The molecule has 2 N–H and O–H groups in total. The highest BCUT2D eigenvalue weighted by Gasteiger charge is 2.23. The quantitative estimate of drug-likeness (QED) is 0.653. The highest BCUT2D eigenvalue weighted by Crippen LogP contribution is 2.19. The first-order valence-electron chi connectivity index (χ1n) is 9.20. The van der Waals surface area contributed by atoms with Gasteiger partial charge in [0.1, 0.15) is 0 Å².